The van der Waals surface area contributed by atoms with Crippen LogP contribution in [0.25, 0.3) is 0 Å². The molecule has 0 amide bonds. The van der Waals surface area contributed by atoms with E-state index >= 15 is 0 Å². The molecule has 1 heterocycles. The summed E-state index contributed by atoms with van der Waals surface area (Å²) >= 11 is 0. The number of carbonyl (C=O) groups excluding carboxylic acids is 1. The van der Waals surface area contributed by atoms with Crippen LogP contribution in [0.15, 0.2) is 12.2 Å². The summed E-state index contributed by atoms with van der Waals surface area (Å²) in [6.45, 7) is 0.435. The Bertz CT molecular complexity index is 190. The maximum absolute atomic E-state index is 11.0. The van der Waals surface area contributed by atoms with Crippen LogP contribution < -0.4 is 0 Å². The van der Waals surface area contributed by atoms with Gasteiger partial charge < -0.3 is 9.47 Å². The zero-order chi connectivity index (χ0) is 8.39. The molecule has 66 valence electrons. The molecule has 1 fully saturated rings. The number of hydrogen-bond acceptors (Lipinski definition) is 3. The lowest BCUT2D eigenvalue weighted by Gasteiger charge is -2.24. The molecule has 2 rings (SSSR count). The maximum Gasteiger partial charge on any atom is 0.184 e. The number of fused-ring (bicyclic) bond motifs is 1. The van der Waals surface area contributed by atoms with Gasteiger partial charge in [-0.3, -0.25) is 4.79 Å². The summed E-state index contributed by atoms with van der Waals surface area (Å²) in [6, 6.07) is 0. The predicted octanol–water partition coefficient (Wildman–Crippen LogP) is 0.690. The van der Waals surface area contributed by atoms with Gasteiger partial charge in [-0.1, -0.05) is 12.2 Å². The first kappa shape index (κ1) is 7.95. The smallest absolute Gasteiger partial charge is 0.184 e. The molecule has 0 aromatic heterocycles. The molecule has 1 aliphatic heterocycles. The minimum atomic E-state index is 0.0457. The number of Topliss-reactive ketones (excluding diaryl/α,β-unsaturated/α-hetero) is 1. The second kappa shape index (κ2) is 3.37. The molecule has 2 aliphatic rings. The Labute approximate surface area is 71.3 Å². The number of hydrogen-bond donors (Lipinski definition) is 0. The molecule has 0 N–H and O–H groups in total. The average molecular weight is 168 g/mol. The molecule has 0 saturated carbocycles. The quantitative estimate of drug-likeness (QED) is 0.499. The number of carbonyl (C=O) groups is 1. The van der Waals surface area contributed by atoms with E-state index in [1.165, 1.54) is 0 Å². The van der Waals surface area contributed by atoms with Crippen molar-refractivity contribution in [3.63, 3.8) is 0 Å². The Kier molecular flexibility index (Phi) is 2.23. The van der Waals surface area contributed by atoms with Crippen LogP contribution in [0.2, 0.25) is 0 Å². The zero-order valence-corrected chi connectivity index (χ0v) is 6.86. The van der Waals surface area contributed by atoms with E-state index in [4.69, 9.17) is 9.47 Å². The van der Waals surface area contributed by atoms with Gasteiger partial charge in [-0.25, -0.2) is 0 Å². The molecule has 0 unspecified atom stereocenters. The molecule has 0 aromatic rings. The van der Waals surface area contributed by atoms with E-state index in [9.17, 15) is 4.79 Å². The number of ether oxygens (including phenoxy) is 2. The average Bonchev–Trinajstić information content (AvgIpc) is 2.29. The minimum absolute atomic E-state index is 0.0457. The zero-order valence-electron chi connectivity index (χ0n) is 6.86. The molecule has 1 aliphatic carbocycles. The molecule has 3 heteroatoms. The summed E-state index contributed by atoms with van der Waals surface area (Å²) < 4.78 is 10.8. The van der Waals surface area contributed by atoms with Crippen LogP contribution in [0.5, 0.6) is 0 Å². The second-order valence-corrected chi connectivity index (χ2v) is 3.18. The third-order valence-corrected chi connectivity index (χ3v) is 2.23. The van der Waals surface area contributed by atoms with E-state index in [2.05, 4.69) is 12.2 Å². The molecular weight excluding hydrogens is 156 g/mol. The van der Waals surface area contributed by atoms with Crippen LogP contribution in [0.3, 0.4) is 0 Å². The minimum Gasteiger partial charge on any atom is -0.367 e. The van der Waals surface area contributed by atoms with Crippen molar-refractivity contribution in [1.82, 2.24) is 0 Å². The second-order valence-electron chi connectivity index (χ2n) is 3.18. The van der Waals surface area contributed by atoms with Crippen molar-refractivity contribution in [3.05, 3.63) is 12.2 Å². The van der Waals surface area contributed by atoms with Crippen molar-refractivity contribution in [2.75, 3.05) is 13.2 Å². The van der Waals surface area contributed by atoms with Crippen LogP contribution in [-0.2, 0) is 14.3 Å². The highest BCUT2D eigenvalue weighted by Crippen LogP contribution is 2.20. The molecule has 0 bridgehead atoms. The van der Waals surface area contributed by atoms with Crippen LogP contribution in [0.1, 0.15) is 12.8 Å². The summed E-state index contributed by atoms with van der Waals surface area (Å²) in [5.41, 5.74) is 0. The molecule has 0 radical (unpaired) electrons. The van der Waals surface area contributed by atoms with Crippen LogP contribution in [0.4, 0.5) is 0 Å². The van der Waals surface area contributed by atoms with Gasteiger partial charge in [-0.2, -0.15) is 0 Å². The SMILES string of the molecule is O=C1CO[C@H]2CC=CC[C@@H]2OC1. The van der Waals surface area contributed by atoms with Crippen LogP contribution >= 0.6 is 0 Å². The van der Waals surface area contributed by atoms with Crippen molar-refractivity contribution in [3.8, 4) is 0 Å². The topological polar surface area (TPSA) is 35.5 Å². The fourth-order valence-electron chi connectivity index (χ4n) is 1.56. The fourth-order valence-corrected chi connectivity index (χ4v) is 1.56. The molecule has 0 spiro atoms. The van der Waals surface area contributed by atoms with Gasteiger partial charge in [-0.15, -0.1) is 0 Å². The van der Waals surface area contributed by atoms with E-state index in [1.54, 1.807) is 0 Å². The van der Waals surface area contributed by atoms with Gasteiger partial charge in [0.1, 0.15) is 13.2 Å². The molecule has 1 saturated heterocycles. The van der Waals surface area contributed by atoms with Gasteiger partial charge >= 0.3 is 0 Å². The standard InChI is InChI=1S/C9H12O3/c10-7-5-11-8-3-1-2-4-9(8)12-6-7/h1-2,8-9H,3-6H2/t8-,9-/m0/s1. The highest BCUT2D eigenvalue weighted by Gasteiger charge is 2.27. The lowest BCUT2D eigenvalue weighted by atomic mass is 10.0. The van der Waals surface area contributed by atoms with Crippen molar-refractivity contribution in [2.24, 2.45) is 0 Å². The lowest BCUT2D eigenvalue weighted by molar-refractivity contribution is -0.124. The van der Waals surface area contributed by atoms with Gasteiger partial charge in [0, 0.05) is 0 Å². The summed E-state index contributed by atoms with van der Waals surface area (Å²) in [7, 11) is 0. The van der Waals surface area contributed by atoms with E-state index in [-0.39, 0.29) is 31.2 Å². The summed E-state index contributed by atoms with van der Waals surface area (Å²) in [5, 5.41) is 0. The van der Waals surface area contributed by atoms with Gasteiger partial charge in [0.25, 0.3) is 0 Å². The molecule has 2 atom stereocenters. The van der Waals surface area contributed by atoms with Crippen LogP contribution in [-0.4, -0.2) is 31.2 Å². The third kappa shape index (κ3) is 1.57. The van der Waals surface area contributed by atoms with Gasteiger partial charge in [0.15, 0.2) is 5.78 Å². The Hall–Kier alpha value is -0.670. The molecule has 0 aromatic carbocycles. The first-order valence-electron chi connectivity index (χ1n) is 4.26. The fraction of sp³-hybridized carbons (Fsp3) is 0.667. The molecular formula is C9H12O3. The summed E-state index contributed by atoms with van der Waals surface area (Å²) in [4.78, 5) is 11.0. The normalized spacial score (nSPS) is 35.8. The first-order valence-corrected chi connectivity index (χ1v) is 4.26. The monoisotopic (exact) mass is 168 g/mol. The molecule has 3 nitrogen and oxygen atoms in total. The molecule has 12 heavy (non-hydrogen) atoms. The highest BCUT2D eigenvalue weighted by molar-refractivity contribution is 5.81. The van der Waals surface area contributed by atoms with Crippen molar-refractivity contribution in [1.29, 1.82) is 0 Å². The van der Waals surface area contributed by atoms with Gasteiger partial charge in [0.05, 0.1) is 12.2 Å². The van der Waals surface area contributed by atoms with Crippen LogP contribution in [0, 0.1) is 0 Å². The van der Waals surface area contributed by atoms with Gasteiger partial charge in [0.2, 0.25) is 0 Å². The van der Waals surface area contributed by atoms with Crippen molar-refractivity contribution < 1.29 is 14.3 Å². The Morgan fingerprint density at radius 3 is 2.08 bits per heavy atom. The predicted molar refractivity (Wildman–Crippen MR) is 42.9 cm³/mol. The van der Waals surface area contributed by atoms with E-state index < -0.39 is 0 Å². The highest BCUT2D eigenvalue weighted by atomic mass is 16.6. The van der Waals surface area contributed by atoms with E-state index in [1.807, 2.05) is 0 Å². The first-order chi connectivity index (χ1) is 5.86. The van der Waals surface area contributed by atoms with E-state index in [0.717, 1.165) is 12.8 Å². The number of rotatable bonds is 0. The summed E-state index contributed by atoms with van der Waals surface area (Å²) in [6.07, 6.45) is 6.11. The summed E-state index contributed by atoms with van der Waals surface area (Å²) in [5.74, 6) is 0.0457. The largest absolute Gasteiger partial charge is 0.367 e. The third-order valence-electron chi connectivity index (χ3n) is 2.23. The Morgan fingerprint density at radius 1 is 1.08 bits per heavy atom. The Balaban J connectivity index is 2.03. The Morgan fingerprint density at radius 2 is 1.58 bits per heavy atom. The number of ketones is 1. The van der Waals surface area contributed by atoms with E-state index in [0.29, 0.717) is 0 Å². The van der Waals surface area contributed by atoms with Crippen molar-refractivity contribution in [2.45, 2.75) is 25.0 Å². The van der Waals surface area contributed by atoms with Gasteiger partial charge in [-0.05, 0) is 12.8 Å². The van der Waals surface area contributed by atoms with Crippen molar-refractivity contribution >= 4 is 5.78 Å². The maximum atomic E-state index is 11.0. The lowest BCUT2D eigenvalue weighted by Crippen LogP contribution is -2.30.